The molecule has 1 rings (SSSR count). The third-order valence-corrected chi connectivity index (χ3v) is 2.84. The maximum Gasteiger partial charge on any atom is 0.284 e. The molecule has 4 heteroatoms. The van der Waals surface area contributed by atoms with Gasteiger partial charge in [0.1, 0.15) is 0 Å². The molecule has 1 unspecified atom stereocenters. The Hall–Kier alpha value is -0.0900. The SMILES string of the molecule is CCC1SC(=O)NC1=S. The van der Waals surface area contributed by atoms with Crippen LogP contribution < -0.4 is 5.32 Å². The van der Waals surface area contributed by atoms with Crippen LogP contribution in [0.2, 0.25) is 0 Å². The van der Waals surface area contributed by atoms with Gasteiger partial charge in [-0.15, -0.1) is 0 Å². The Kier molecular flexibility index (Phi) is 2.08. The molecule has 0 saturated carbocycles. The molecule has 0 aromatic carbocycles. The Bertz CT molecular complexity index is 157. The van der Waals surface area contributed by atoms with Crippen LogP contribution in [-0.4, -0.2) is 15.5 Å². The topological polar surface area (TPSA) is 29.1 Å². The van der Waals surface area contributed by atoms with Gasteiger partial charge >= 0.3 is 0 Å². The van der Waals surface area contributed by atoms with Crippen molar-refractivity contribution in [2.75, 3.05) is 0 Å². The lowest BCUT2D eigenvalue weighted by Gasteiger charge is -1.98. The van der Waals surface area contributed by atoms with E-state index in [1.807, 2.05) is 6.92 Å². The zero-order valence-electron chi connectivity index (χ0n) is 5.01. The fourth-order valence-electron chi connectivity index (χ4n) is 0.662. The van der Waals surface area contributed by atoms with Crippen LogP contribution in [0.1, 0.15) is 13.3 Å². The van der Waals surface area contributed by atoms with Crippen molar-refractivity contribution in [2.24, 2.45) is 0 Å². The van der Waals surface area contributed by atoms with Crippen LogP contribution in [0.25, 0.3) is 0 Å². The fraction of sp³-hybridized carbons (Fsp3) is 0.600. The van der Waals surface area contributed by atoms with E-state index in [0.717, 1.165) is 6.42 Å². The second-order valence-electron chi connectivity index (χ2n) is 1.79. The summed E-state index contributed by atoms with van der Waals surface area (Å²) in [7, 11) is 0. The van der Waals surface area contributed by atoms with E-state index in [1.165, 1.54) is 11.8 Å². The first-order valence-electron chi connectivity index (χ1n) is 2.75. The van der Waals surface area contributed by atoms with Gasteiger partial charge in [0.15, 0.2) is 0 Å². The molecular weight excluding hydrogens is 154 g/mol. The Morgan fingerprint density at radius 1 is 1.89 bits per heavy atom. The minimum atomic E-state index is -0.00755. The number of hydrogen-bond donors (Lipinski definition) is 1. The van der Waals surface area contributed by atoms with Gasteiger partial charge in [-0.25, -0.2) is 0 Å². The van der Waals surface area contributed by atoms with Crippen LogP contribution in [-0.2, 0) is 0 Å². The van der Waals surface area contributed by atoms with Gasteiger partial charge in [0.2, 0.25) is 0 Å². The second-order valence-corrected chi connectivity index (χ2v) is 3.41. The number of thioether (sulfide) groups is 1. The lowest BCUT2D eigenvalue weighted by Crippen LogP contribution is -2.21. The smallest absolute Gasteiger partial charge is 0.284 e. The molecule has 9 heavy (non-hydrogen) atoms. The zero-order chi connectivity index (χ0) is 6.85. The summed E-state index contributed by atoms with van der Waals surface area (Å²) in [5, 5.41) is 2.79. The predicted molar refractivity (Wildman–Crippen MR) is 42.8 cm³/mol. The van der Waals surface area contributed by atoms with Crippen LogP contribution >= 0.6 is 24.0 Å². The van der Waals surface area contributed by atoms with E-state index in [4.69, 9.17) is 12.2 Å². The summed E-state index contributed by atoms with van der Waals surface area (Å²) in [6.45, 7) is 2.02. The Balaban J connectivity index is 2.58. The van der Waals surface area contributed by atoms with Crippen molar-refractivity contribution in [1.29, 1.82) is 0 Å². The summed E-state index contributed by atoms with van der Waals surface area (Å²) in [4.78, 5) is 11.3. The minimum absolute atomic E-state index is 0.00755. The van der Waals surface area contributed by atoms with Gasteiger partial charge in [-0.3, -0.25) is 4.79 Å². The van der Waals surface area contributed by atoms with Crippen molar-refractivity contribution in [3.63, 3.8) is 0 Å². The number of hydrogen-bond acceptors (Lipinski definition) is 3. The molecule has 1 amide bonds. The van der Waals surface area contributed by atoms with Crippen molar-refractivity contribution in [1.82, 2.24) is 5.32 Å². The highest BCUT2D eigenvalue weighted by molar-refractivity contribution is 8.16. The van der Waals surface area contributed by atoms with E-state index in [0.29, 0.717) is 4.99 Å². The number of rotatable bonds is 1. The average molecular weight is 161 g/mol. The van der Waals surface area contributed by atoms with Crippen LogP contribution in [0.4, 0.5) is 4.79 Å². The normalized spacial score (nSPS) is 26.6. The van der Waals surface area contributed by atoms with E-state index in [2.05, 4.69) is 5.32 Å². The number of nitrogens with one attached hydrogen (secondary N) is 1. The van der Waals surface area contributed by atoms with Gasteiger partial charge in [0.05, 0.1) is 10.2 Å². The van der Waals surface area contributed by atoms with Gasteiger partial charge in [-0.1, -0.05) is 30.9 Å². The summed E-state index contributed by atoms with van der Waals surface area (Å²) in [6, 6.07) is 0. The number of thiocarbonyl (C=S) groups is 1. The first-order chi connectivity index (χ1) is 4.24. The molecule has 1 aliphatic heterocycles. The van der Waals surface area contributed by atoms with Gasteiger partial charge in [0.25, 0.3) is 5.24 Å². The van der Waals surface area contributed by atoms with Gasteiger partial charge < -0.3 is 5.32 Å². The summed E-state index contributed by atoms with van der Waals surface area (Å²) in [6.07, 6.45) is 0.933. The van der Waals surface area contributed by atoms with E-state index < -0.39 is 0 Å². The first-order valence-corrected chi connectivity index (χ1v) is 4.04. The lowest BCUT2D eigenvalue weighted by molar-refractivity contribution is 0.265. The van der Waals surface area contributed by atoms with Crippen molar-refractivity contribution >= 4 is 34.2 Å². The van der Waals surface area contributed by atoms with Crippen molar-refractivity contribution < 1.29 is 4.79 Å². The third-order valence-electron chi connectivity index (χ3n) is 1.14. The van der Waals surface area contributed by atoms with E-state index in [9.17, 15) is 4.79 Å². The highest BCUT2D eigenvalue weighted by Gasteiger charge is 2.25. The predicted octanol–water partition coefficient (Wildman–Crippen LogP) is 1.55. The molecule has 1 aliphatic rings. The maximum absolute atomic E-state index is 10.6. The van der Waals surface area contributed by atoms with Crippen LogP contribution in [0.5, 0.6) is 0 Å². The molecule has 0 aliphatic carbocycles. The van der Waals surface area contributed by atoms with Crippen LogP contribution in [0.3, 0.4) is 0 Å². The molecule has 1 atom stereocenters. The van der Waals surface area contributed by atoms with Gasteiger partial charge in [-0.05, 0) is 6.42 Å². The summed E-state index contributed by atoms with van der Waals surface area (Å²) in [5.74, 6) is 0. The van der Waals surface area contributed by atoms with Crippen LogP contribution in [0.15, 0.2) is 0 Å². The maximum atomic E-state index is 10.6. The summed E-state index contributed by atoms with van der Waals surface area (Å²) in [5.41, 5.74) is 0. The Morgan fingerprint density at radius 2 is 2.56 bits per heavy atom. The Morgan fingerprint density at radius 3 is 2.78 bits per heavy atom. The molecule has 50 valence electrons. The highest BCUT2D eigenvalue weighted by atomic mass is 32.2. The molecule has 0 radical (unpaired) electrons. The third kappa shape index (κ3) is 1.43. The molecular formula is C5H7NOS2. The fourth-order valence-corrected chi connectivity index (χ4v) is 1.89. The van der Waals surface area contributed by atoms with Crippen molar-refractivity contribution in [2.45, 2.75) is 18.6 Å². The van der Waals surface area contributed by atoms with E-state index in [1.54, 1.807) is 0 Å². The summed E-state index contributed by atoms with van der Waals surface area (Å²) < 4.78 is 0. The highest BCUT2D eigenvalue weighted by Crippen LogP contribution is 2.21. The monoisotopic (exact) mass is 161 g/mol. The molecule has 1 fully saturated rings. The first kappa shape index (κ1) is 7.02. The van der Waals surface area contributed by atoms with Gasteiger partial charge in [-0.2, -0.15) is 0 Å². The molecule has 1 saturated heterocycles. The second kappa shape index (κ2) is 2.66. The number of amides is 1. The molecule has 0 aromatic rings. The standard InChI is InChI=1S/C5H7NOS2/c1-2-3-4(8)6-5(7)9-3/h3H,2H2,1H3,(H,6,7,8). The van der Waals surface area contributed by atoms with E-state index >= 15 is 0 Å². The van der Waals surface area contributed by atoms with Gasteiger partial charge in [0, 0.05) is 0 Å². The number of carbonyl (C=O) groups is 1. The molecule has 1 heterocycles. The summed E-state index contributed by atoms with van der Waals surface area (Å²) >= 11 is 6.15. The largest absolute Gasteiger partial charge is 0.310 e. The van der Waals surface area contributed by atoms with Crippen LogP contribution in [0, 0.1) is 0 Å². The zero-order valence-corrected chi connectivity index (χ0v) is 6.64. The molecule has 0 bridgehead atoms. The molecule has 2 nitrogen and oxygen atoms in total. The molecule has 1 N–H and O–H groups in total. The van der Waals surface area contributed by atoms with E-state index in [-0.39, 0.29) is 10.5 Å². The average Bonchev–Trinajstić information content (AvgIpc) is 2.10. The quantitative estimate of drug-likeness (QED) is 0.592. The Labute approximate surface area is 63.4 Å². The molecule has 0 spiro atoms. The number of carbonyl (C=O) groups excluding carboxylic acids is 1. The van der Waals surface area contributed by atoms with Crippen molar-refractivity contribution in [3.8, 4) is 0 Å². The molecule has 0 aromatic heterocycles. The lowest BCUT2D eigenvalue weighted by atomic mass is 10.3. The van der Waals surface area contributed by atoms with Crippen molar-refractivity contribution in [3.05, 3.63) is 0 Å². The minimum Gasteiger partial charge on any atom is -0.310 e.